The summed E-state index contributed by atoms with van der Waals surface area (Å²) in [4.78, 5) is 21.5. The van der Waals surface area contributed by atoms with Gasteiger partial charge in [0, 0.05) is 12.1 Å². The van der Waals surface area contributed by atoms with E-state index in [9.17, 15) is 23.3 Å². The summed E-state index contributed by atoms with van der Waals surface area (Å²) in [5, 5.41) is 10.8. The first-order valence-electron chi connectivity index (χ1n) is 6.01. The molecule has 0 radical (unpaired) electrons. The number of carbonyl (C=O) groups excluding carboxylic acids is 1. The molecule has 1 aromatic rings. The lowest BCUT2D eigenvalue weighted by Crippen LogP contribution is -2.14. The van der Waals surface area contributed by atoms with E-state index >= 15 is 0 Å². The number of carbonyl (C=O) groups is 1. The fraction of sp³-hybridized carbons (Fsp3) is 0.0769. The van der Waals surface area contributed by atoms with Crippen LogP contribution in [0.5, 0.6) is 0 Å². The Morgan fingerprint density at radius 3 is 2.48 bits per heavy atom. The van der Waals surface area contributed by atoms with Crippen LogP contribution < -0.4 is 0 Å². The van der Waals surface area contributed by atoms with Gasteiger partial charge in [0.05, 0.1) is 24.5 Å². The number of nitro groups is 1. The molecule has 7 nitrogen and oxygen atoms in total. The van der Waals surface area contributed by atoms with Crippen molar-refractivity contribution in [3.63, 3.8) is 0 Å². The quantitative estimate of drug-likeness (QED) is 0.388. The topological polar surface area (TPSA) is 107 Å². The number of nitrogens with zero attached hydrogens (tertiary/aromatic N) is 2. The zero-order valence-corrected chi connectivity index (χ0v) is 15.5. The average molecular weight is 464 g/mol. The minimum atomic E-state index is -4.17. The van der Waals surface area contributed by atoms with Gasteiger partial charge in [-0.2, -0.15) is 12.8 Å². The molecule has 0 atom stereocenters. The molecular formula is C13H8Br2N2O5S. The number of Topliss-reactive ketones (excluding diaryl/α,β-unsaturated/α-hetero) is 1. The van der Waals surface area contributed by atoms with Crippen LogP contribution in [0.2, 0.25) is 0 Å². The molecular weight excluding hydrogens is 456 g/mol. The highest BCUT2D eigenvalue weighted by Crippen LogP contribution is 2.29. The van der Waals surface area contributed by atoms with Crippen molar-refractivity contribution in [2.75, 3.05) is 0 Å². The minimum absolute atomic E-state index is 0.0282. The predicted molar refractivity (Wildman–Crippen MR) is 91.4 cm³/mol. The number of allylic oxidation sites excluding steroid dienone is 4. The highest BCUT2D eigenvalue weighted by atomic mass is 79.9. The molecule has 0 aliphatic heterocycles. The maximum atomic E-state index is 12.3. The third-order valence-corrected chi connectivity index (χ3v) is 6.25. The van der Waals surface area contributed by atoms with Crippen molar-refractivity contribution in [2.45, 2.75) is 11.8 Å². The molecule has 0 amide bonds. The van der Waals surface area contributed by atoms with Crippen molar-refractivity contribution in [2.24, 2.45) is 4.40 Å². The number of hydrogen-bond donors (Lipinski definition) is 0. The monoisotopic (exact) mass is 462 g/mol. The first-order valence-corrected chi connectivity index (χ1v) is 9.04. The number of non-ortho nitro benzene ring substituents is 1. The molecule has 1 aromatic carbocycles. The van der Waals surface area contributed by atoms with Gasteiger partial charge in [0.2, 0.25) is 0 Å². The number of sulfonamides is 1. The molecule has 0 aromatic heterocycles. The van der Waals surface area contributed by atoms with Crippen LogP contribution in [0, 0.1) is 10.1 Å². The molecule has 0 fully saturated rings. The van der Waals surface area contributed by atoms with Gasteiger partial charge in [-0.3, -0.25) is 14.9 Å². The molecule has 0 unspecified atom stereocenters. The number of halogens is 2. The number of nitro benzene ring substituents is 1. The van der Waals surface area contributed by atoms with Gasteiger partial charge >= 0.3 is 0 Å². The summed E-state index contributed by atoms with van der Waals surface area (Å²) < 4.78 is 28.7. The van der Waals surface area contributed by atoms with Gasteiger partial charge < -0.3 is 0 Å². The van der Waals surface area contributed by atoms with E-state index < -0.39 is 14.9 Å². The van der Waals surface area contributed by atoms with Crippen LogP contribution in [0.15, 0.2) is 54.2 Å². The Morgan fingerprint density at radius 2 is 1.87 bits per heavy atom. The molecule has 0 spiro atoms. The van der Waals surface area contributed by atoms with Crippen molar-refractivity contribution in [1.82, 2.24) is 0 Å². The van der Waals surface area contributed by atoms with E-state index in [0.717, 1.165) is 6.07 Å². The molecule has 10 heteroatoms. The van der Waals surface area contributed by atoms with E-state index in [1.165, 1.54) is 31.2 Å². The zero-order chi connectivity index (χ0) is 17.4. The van der Waals surface area contributed by atoms with E-state index in [0.29, 0.717) is 5.57 Å². The highest BCUT2D eigenvalue weighted by Gasteiger charge is 2.24. The zero-order valence-electron chi connectivity index (χ0n) is 11.5. The Balaban J connectivity index is 2.55. The Hall–Kier alpha value is -1.65. The molecule has 120 valence electrons. The lowest BCUT2D eigenvalue weighted by molar-refractivity contribution is -0.385. The van der Waals surface area contributed by atoms with E-state index in [1.807, 2.05) is 0 Å². The second-order valence-corrected chi connectivity index (χ2v) is 7.68. The average Bonchev–Trinajstić information content (AvgIpc) is 2.50. The van der Waals surface area contributed by atoms with Crippen molar-refractivity contribution in [1.29, 1.82) is 0 Å². The second kappa shape index (κ2) is 6.46. The summed E-state index contributed by atoms with van der Waals surface area (Å²) in [5.74, 6) is -0.288. The third kappa shape index (κ3) is 3.65. The van der Waals surface area contributed by atoms with Crippen molar-refractivity contribution in [3.05, 3.63) is 55.0 Å². The van der Waals surface area contributed by atoms with Crippen LogP contribution in [-0.2, 0) is 14.8 Å². The molecule has 2 rings (SSSR count). The van der Waals surface area contributed by atoms with Gasteiger partial charge in [-0.1, -0.05) is 6.07 Å². The van der Waals surface area contributed by atoms with Gasteiger partial charge in [-0.05, 0) is 56.5 Å². The van der Waals surface area contributed by atoms with Crippen LogP contribution in [0.25, 0.3) is 0 Å². The minimum Gasteiger partial charge on any atom is -0.288 e. The van der Waals surface area contributed by atoms with Crippen molar-refractivity contribution in [3.8, 4) is 0 Å². The number of ketones is 1. The van der Waals surface area contributed by atoms with Crippen LogP contribution >= 0.6 is 31.9 Å². The molecule has 0 N–H and O–H groups in total. The number of rotatable bonds is 3. The van der Waals surface area contributed by atoms with E-state index in [4.69, 9.17) is 0 Å². The first kappa shape index (κ1) is 17.7. The molecule has 1 aliphatic carbocycles. The van der Waals surface area contributed by atoms with Gasteiger partial charge in [-0.25, -0.2) is 0 Å². The Morgan fingerprint density at radius 1 is 1.22 bits per heavy atom. The van der Waals surface area contributed by atoms with Crippen molar-refractivity contribution < 1.29 is 18.1 Å². The van der Waals surface area contributed by atoms with Crippen LogP contribution in [-0.4, -0.2) is 24.8 Å². The normalized spacial score (nSPS) is 17.4. The second-order valence-electron chi connectivity index (χ2n) is 4.49. The fourth-order valence-electron chi connectivity index (χ4n) is 1.73. The number of hydrogen-bond acceptors (Lipinski definition) is 5. The van der Waals surface area contributed by atoms with E-state index in [2.05, 4.69) is 36.3 Å². The molecule has 0 saturated heterocycles. The van der Waals surface area contributed by atoms with Gasteiger partial charge in [-0.15, -0.1) is 0 Å². The predicted octanol–water partition coefficient (Wildman–Crippen LogP) is 3.25. The van der Waals surface area contributed by atoms with Gasteiger partial charge in [0.25, 0.3) is 15.7 Å². The number of benzene rings is 1. The Labute approximate surface area is 148 Å². The van der Waals surface area contributed by atoms with Crippen molar-refractivity contribution >= 4 is 59.1 Å². The smallest absolute Gasteiger partial charge is 0.283 e. The first-order chi connectivity index (χ1) is 10.6. The molecule has 0 saturated carbocycles. The largest absolute Gasteiger partial charge is 0.288 e. The summed E-state index contributed by atoms with van der Waals surface area (Å²) in [7, 11) is -4.17. The summed E-state index contributed by atoms with van der Waals surface area (Å²) >= 11 is 6.19. The maximum Gasteiger partial charge on any atom is 0.283 e. The summed E-state index contributed by atoms with van der Waals surface area (Å²) in [6.07, 6.45) is 1.33. The summed E-state index contributed by atoms with van der Waals surface area (Å²) in [6.45, 7) is 1.53. The lowest BCUT2D eigenvalue weighted by Gasteiger charge is -2.11. The standard InChI is InChI=1S/C13H8Br2N2O5S/c1-7-5-10(11(14)12(15)13(7)18)16-23(21,22)9-4-2-3-8(6-9)17(19)20/h2-6H,1H3/b16-10+. The Kier molecular flexibility index (Phi) is 4.97. The van der Waals surface area contributed by atoms with E-state index in [-0.39, 0.29) is 31.0 Å². The third-order valence-electron chi connectivity index (χ3n) is 2.87. The van der Waals surface area contributed by atoms with Crippen LogP contribution in [0.3, 0.4) is 0 Å². The molecule has 0 bridgehead atoms. The highest BCUT2D eigenvalue weighted by molar-refractivity contribution is 9.14. The SMILES string of the molecule is CC1=C/C(=N\S(=O)(=O)c2cccc([N+](=O)[O-])c2)C(Br)=C(Br)C1=O. The molecule has 23 heavy (non-hydrogen) atoms. The van der Waals surface area contributed by atoms with E-state index in [1.54, 1.807) is 0 Å². The van der Waals surface area contributed by atoms with Gasteiger partial charge in [0.15, 0.2) is 5.78 Å². The molecule has 0 heterocycles. The summed E-state index contributed by atoms with van der Waals surface area (Å²) in [6, 6.07) is 4.58. The Bertz CT molecular complexity index is 916. The fourth-order valence-corrected chi connectivity index (χ4v) is 3.77. The molecule has 1 aliphatic rings. The maximum absolute atomic E-state index is 12.3. The van der Waals surface area contributed by atoms with Crippen LogP contribution in [0.1, 0.15) is 6.92 Å². The summed E-state index contributed by atoms with van der Waals surface area (Å²) in [5.41, 5.74) is -0.0128. The van der Waals surface area contributed by atoms with Crippen LogP contribution in [0.4, 0.5) is 5.69 Å². The lowest BCUT2D eigenvalue weighted by atomic mass is 10.1. The van der Waals surface area contributed by atoms with Gasteiger partial charge in [0.1, 0.15) is 0 Å².